The molecule has 0 spiro atoms. The minimum absolute atomic E-state index is 0.199. The smallest absolute Gasteiger partial charge is 0.323 e. The van der Waals surface area contributed by atoms with Crippen LogP contribution in [0.4, 0.5) is 0 Å². The predicted molar refractivity (Wildman–Crippen MR) is 78.5 cm³/mol. The van der Waals surface area contributed by atoms with Crippen molar-refractivity contribution in [1.29, 1.82) is 0 Å². The molecule has 0 unspecified atom stereocenters. The third-order valence-corrected chi connectivity index (χ3v) is 3.85. The van der Waals surface area contributed by atoms with E-state index in [2.05, 4.69) is 22.9 Å². The molecule has 2 N–H and O–H groups in total. The lowest BCUT2D eigenvalue weighted by Gasteiger charge is -2.36. The lowest BCUT2D eigenvalue weighted by Crippen LogP contribution is -2.59. The quantitative estimate of drug-likeness (QED) is 0.664. The molecule has 4 heteroatoms. The lowest BCUT2D eigenvalue weighted by molar-refractivity contribution is -0.153. The first kappa shape index (κ1) is 12.9. The zero-order chi connectivity index (χ0) is 14.2. The van der Waals surface area contributed by atoms with Crippen molar-refractivity contribution in [2.24, 2.45) is 0 Å². The van der Waals surface area contributed by atoms with Gasteiger partial charge < -0.3 is 9.72 Å². The van der Waals surface area contributed by atoms with E-state index < -0.39 is 0 Å². The fraction of sp³-hybridized carbons (Fsp3) is 0.312. The van der Waals surface area contributed by atoms with Gasteiger partial charge in [-0.2, -0.15) is 0 Å². The van der Waals surface area contributed by atoms with Gasteiger partial charge in [-0.25, -0.2) is 0 Å². The third-order valence-electron chi connectivity index (χ3n) is 3.85. The van der Waals surface area contributed by atoms with Gasteiger partial charge in [0.25, 0.3) is 0 Å². The first-order chi connectivity index (χ1) is 9.61. The number of morpholine rings is 1. The SMILES string of the molecule is C=C[C@@]1(C)COC(=O)[C@H](Cc2c[nH]c3ccccc23)N1. The summed E-state index contributed by atoms with van der Waals surface area (Å²) in [6, 6.07) is 7.73. The second-order valence-corrected chi connectivity index (χ2v) is 5.49. The van der Waals surface area contributed by atoms with Crippen molar-refractivity contribution in [2.75, 3.05) is 6.61 Å². The van der Waals surface area contributed by atoms with Crippen molar-refractivity contribution in [2.45, 2.75) is 24.9 Å². The Kier molecular flexibility index (Phi) is 3.10. The topological polar surface area (TPSA) is 54.1 Å². The number of fused-ring (bicyclic) bond motifs is 1. The highest BCUT2D eigenvalue weighted by atomic mass is 16.5. The number of esters is 1. The molecule has 1 saturated heterocycles. The molecule has 0 aliphatic carbocycles. The van der Waals surface area contributed by atoms with Gasteiger partial charge in [0.2, 0.25) is 0 Å². The van der Waals surface area contributed by atoms with Crippen molar-refractivity contribution < 1.29 is 9.53 Å². The van der Waals surface area contributed by atoms with Crippen LogP contribution in [-0.2, 0) is 16.0 Å². The Bertz CT molecular complexity index is 661. The molecule has 104 valence electrons. The number of carbonyl (C=O) groups excluding carboxylic acids is 1. The predicted octanol–water partition coefficient (Wildman–Crippen LogP) is 2.17. The summed E-state index contributed by atoms with van der Waals surface area (Å²) in [5.74, 6) is -0.199. The molecule has 20 heavy (non-hydrogen) atoms. The summed E-state index contributed by atoms with van der Waals surface area (Å²) >= 11 is 0. The summed E-state index contributed by atoms with van der Waals surface area (Å²) in [6.07, 6.45) is 4.35. The number of carbonyl (C=O) groups is 1. The number of aromatic amines is 1. The highest BCUT2D eigenvalue weighted by molar-refractivity contribution is 5.84. The van der Waals surface area contributed by atoms with Crippen LogP contribution in [0.25, 0.3) is 10.9 Å². The first-order valence-electron chi connectivity index (χ1n) is 6.74. The normalized spacial score (nSPS) is 26.4. The van der Waals surface area contributed by atoms with E-state index in [1.807, 2.05) is 31.3 Å². The molecule has 1 fully saturated rings. The molecule has 1 aromatic heterocycles. The van der Waals surface area contributed by atoms with Crippen LogP contribution in [0.1, 0.15) is 12.5 Å². The zero-order valence-corrected chi connectivity index (χ0v) is 11.5. The highest BCUT2D eigenvalue weighted by Gasteiger charge is 2.35. The molecule has 2 aromatic rings. The van der Waals surface area contributed by atoms with E-state index in [4.69, 9.17) is 4.74 Å². The van der Waals surface area contributed by atoms with Crippen LogP contribution in [0.15, 0.2) is 43.1 Å². The Morgan fingerprint density at radius 3 is 3.10 bits per heavy atom. The molecule has 0 amide bonds. The fourth-order valence-electron chi connectivity index (χ4n) is 2.59. The number of hydrogen-bond acceptors (Lipinski definition) is 3. The van der Waals surface area contributed by atoms with Crippen molar-refractivity contribution in [3.63, 3.8) is 0 Å². The van der Waals surface area contributed by atoms with Gasteiger partial charge in [0.05, 0.1) is 5.54 Å². The Balaban J connectivity index is 1.86. The van der Waals surface area contributed by atoms with Gasteiger partial charge in [0, 0.05) is 23.5 Å². The molecule has 1 aliphatic rings. The van der Waals surface area contributed by atoms with Gasteiger partial charge in [-0.1, -0.05) is 24.3 Å². The Morgan fingerprint density at radius 1 is 1.50 bits per heavy atom. The van der Waals surface area contributed by atoms with E-state index in [-0.39, 0.29) is 17.6 Å². The third kappa shape index (κ3) is 2.23. The number of rotatable bonds is 3. The van der Waals surface area contributed by atoms with Crippen LogP contribution >= 0.6 is 0 Å². The van der Waals surface area contributed by atoms with Crippen LogP contribution in [0.5, 0.6) is 0 Å². The molecule has 0 saturated carbocycles. The molecule has 1 aliphatic heterocycles. The van der Waals surface area contributed by atoms with E-state index in [0.29, 0.717) is 13.0 Å². The fourth-order valence-corrected chi connectivity index (χ4v) is 2.59. The van der Waals surface area contributed by atoms with E-state index in [1.165, 1.54) is 0 Å². The number of ether oxygens (including phenoxy) is 1. The molecular formula is C16H18N2O2. The monoisotopic (exact) mass is 270 g/mol. The summed E-state index contributed by atoms with van der Waals surface area (Å²) < 4.78 is 5.27. The van der Waals surface area contributed by atoms with Gasteiger partial charge in [-0.05, 0) is 18.6 Å². The van der Waals surface area contributed by atoms with Crippen molar-refractivity contribution in [1.82, 2.24) is 10.3 Å². The minimum atomic E-state index is -0.356. The van der Waals surface area contributed by atoms with Gasteiger partial charge in [0.15, 0.2) is 0 Å². The van der Waals surface area contributed by atoms with Crippen molar-refractivity contribution >= 4 is 16.9 Å². The van der Waals surface area contributed by atoms with Crippen LogP contribution in [0.2, 0.25) is 0 Å². The average Bonchev–Trinajstić information content (AvgIpc) is 2.87. The Morgan fingerprint density at radius 2 is 2.30 bits per heavy atom. The first-order valence-corrected chi connectivity index (χ1v) is 6.74. The van der Waals surface area contributed by atoms with Crippen LogP contribution in [0.3, 0.4) is 0 Å². The second-order valence-electron chi connectivity index (χ2n) is 5.49. The van der Waals surface area contributed by atoms with E-state index in [9.17, 15) is 4.79 Å². The van der Waals surface area contributed by atoms with Gasteiger partial charge in [-0.3, -0.25) is 10.1 Å². The molecule has 0 radical (unpaired) electrons. The summed E-state index contributed by atoms with van der Waals surface area (Å²) in [5, 5.41) is 4.47. The van der Waals surface area contributed by atoms with Gasteiger partial charge in [0.1, 0.15) is 12.6 Å². The molecule has 1 aromatic carbocycles. The number of hydrogen-bond donors (Lipinski definition) is 2. The number of H-pyrrole nitrogens is 1. The summed E-state index contributed by atoms with van der Waals surface area (Å²) in [7, 11) is 0. The Hall–Kier alpha value is -2.07. The maximum atomic E-state index is 11.9. The largest absolute Gasteiger partial charge is 0.462 e. The summed E-state index contributed by atoms with van der Waals surface area (Å²) in [4.78, 5) is 15.2. The number of benzene rings is 1. The van der Waals surface area contributed by atoms with Gasteiger partial charge in [-0.15, -0.1) is 6.58 Å². The average molecular weight is 270 g/mol. The summed E-state index contributed by atoms with van der Waals surface area (Å²) in [5.41, 5.74) is 1.84. The van der Waals surface area contributed by atoms with Crippen LogP contribution in [-0.4, -0.2) is 29.1 Å². The van der Waals surface area contributed by atoms with E-state index >= 15 is 0 Å². The minimum Gasteiger partial charge on any atom is -0.462 e. The number of cyclic esters (lactones) is 1. The van der Waals surface area contributed by atoms with Crippen LogP contribution < -0.4 is 5.32 Å². The van der Waals surface area contributed by atoms with Gasteiger partial charge >= 0.3 is 5.97 Å². The molecule has 2 heterocycles. The number of aromatic nitrogens is 1. The second kappa shape index (κ2) is 4.80. The molecule has 3 rings (SSSR count). The van der Waals surface area contributed by atoms with Crippen molar-refractivity contribution in [3.05, 3.63) is 48.7 Å². The highest BCUT2D eigenvalue weighted by Crippen LogP contribution is 2.22. The number of para-hydroxylation sites is 1. The summed E-state index contributed by atoms with van der Waals surface area (Å²) in [6.45, 7) is 6.12. The lowest BCUT2D eigenvalue weighted by atomic mass is 9.97. The molecule has 0 bridgehead atoms. The zero-order valence-electron chi connectivity index (χ0n) is 11.5. The van der Waals surface area contributed by atoms with Crippen LogP contribution in [0, 0.1) is 0 Å². The Labute approximate surface area is 117 Å². The molecule has 2 atom stereocenters. The maximum Gasteiger partial charge on any atom is 0.323 e. The number of nitrogens with one attached hydrogen (secondary N) is 2. The molecule has 4 nitrogen and oxygen atoms in total. The standard InChI is InChI=1S/C16H18N2O2/c1-3-16(2)10-20-15(19)14(18-16)8-11-9-17-13-7-5-4-6-12(11)13/h3-7,9,14,17-18H,1,8,10H2,2H3/t14-,16-/m0/s1. The molecular weight excluding hydrogens is 252 g/mol. The van der Waals surface area contributed by atoms with Crippen molar-refractivity contribution in [3.8, 4) is 0 Å². The maximum absolute atomic E-state index is 11.9. The van der Waals surface area contributed by atoms with E-state index in [1.54, 1.807) is 6.08 Å². The van der Waals surface area contributed by atoms with E-state index in [0.717, 1.165) is 16.5 Å².